The highest BCUT2D eigenvalue weighted by atomic mass is 16.2. The standard InChI is InChI=1S/C23H33N5O4/c1-15(2)13-27(20-21(24)28(14-16(3)4)23(32)26-22(20)31)19(30)10-11-25-18(29)12-17-8-6-5-7-9-17/h5-9,15-16H,10-14,24H2,1-4H3,(H,25,29)(H,26,31,32). The first-order valence-electron chi connectivity index (χ1n) is 10.8. The maximum Gasteiger partial charge on any atom is 0.330 e. The Morgan fingerprint density at radius 2 is 1.75 bits per heavy atom. The number of nitrogens with zero attached hydrogens (tertiary/aromatic N) is 2. The first kappa shape index (κ1) is 24.9. The van der Waals surface area contributed by atoms with Gasteiger partial charge in [-0.3, -0.25) is 23.9 Å². The molecule has 9 nitrogen and oxygen atoms in total. The lowest BCUT2D eigenvalue weighted by atomic mass is 10.1. The first-order chi connectivity index (χ1) is 15.1. The third kappa shape index (κ3) is 6.83. The molecule has 0 atom stereocenters. The van der Waals surface area contributed by atoms with Crippen molar-refractivity contribution in [1.29, 1.82) is 0 Å². The number of aromatic amines is 1. The summed E-state index contributed by atoms with van der Waals surface area (Å²) in [7, 11) is 0. The monoisotopic (exact) mass is 443 g/mol. The van der Waals surface area contributed by atoms with Crippen LogP contribution in [0.2, 0.25) is 0 Å². The zero-order valence-electron chi connectivity index (χ0n) is 19.2. The number of carbonyl (C=O) groups is 2. The van der Waals surface area contributed by atoms with Crippen LogP contribution in [0.4, 0.5) is 11.5 Å². The fraction of sp³-hybridized carbons (Fsp3) is 0.478. The Morgan fingerprint density at radius 3 is 2.34 bits per heavy atom. The molecule has 1 aromatic heterocycles. The molecular weight excluding hydrogens is 410 g/mol. The molecule has 2 amide bonds. The van der Waals surface area contributed by atoms with Crippen molar-refractivity contribution >= 4 is 23.3 Å². The van der Waals surface area contributed by atoms with Crippen LogP contribution in [-0.4, -0.2) is 34.5 Å². The Hall–Kier alpha value is -3.36. The van der Waals surface area contributed by atoms with Crippen LogP contribution in [0.15, 0.2) is 39.9 Å². The van der Waals surface area contributed by atoms with Crippen LogP contribution in [0.25, 0.3) is 0 Å². The molecule has 0 saturated carbocycles. The van der Waals surface area contributed by atoms with E-state index in [1.54, 1.807) is 0 Å². The van der Waals surface area contributed by atoms with E-state index in [4.69, 9.17) is 5.73 Å². The van der Waals surface area contributed by atoms with Gasteiger partial charge in [0.15, 0.2) is 5.69 Å². The van der Waals surface area contributed by atoms with Gasteiger partial charge < -0.3 is 16.0 Å². The van der Waals surface area contributed by atoms with E-state index < -0.39 is 11.2 Å². The third-order valence-electron chi connectivity index (χ3n) is 4.75. The van der Waals surface area contributed by atoms with E-state index >= 15 is 0 Å². The van der Waals surface area contributed by atoms with Gasteiger partial charge in [0, 0.05) is 26.1 Å². The number of benzene rings is 1. The number of hydrogen-bond acceptors (Lipinski definition) is 5. The van der Waals surface area contributed by atoms with Gasteiger partial charge in [0.05, 0.1) is 6.42 Å². The number of amides is 2. The van der Waals surface area contributed by atoms with Gasteiger partial charge in [0.2, 0.25) is 11.8 Å². The van der Waals surface area contributed by atoms with Crippen LogP contribution in [0.3, 0.4) is 0 Å². The molecule has 2 rings (SSSR count). The lowest BCUT2D eigenvalue weighted by molar-refractivity contribution is -0.121. The van der Waals surface area contributed by atoms with Crippen LogP contribution >= 0.6 is 0 Å². The number of anilines is 2. The van der Waals surface area contributed by atoms with Crippen LogP contribution in [-0.2, 0) is 22.6 Å². The van der Waals surface area contributed by atoms with E-state index in [1.165, 1.54) is 9.47 Å². The molecule has 0 unspecified atom stereocenters. The van der Waals surface area contributed by atoms with E-state index in [0.717, 1.165) is 5.56 Å². The van der Waals surface area contributed by atoms with E-state index in [2.05, 4.69) is 10.3 Å². The molecule has 2 aromatic rings. The Balaban J connectivity index is 2.17. The summed E-state index contributed by atoms with van der Waals surface area (Å²) in [4.78, 5) is 53.6. The van der Waals surface area contributed by atoms with Gasteiger partial charge in [-0.05, 0) is 17.4 Å². The molecule has 0 saturated heterocycles. The summed E-state index contributed by atoms with van der Waals surface area (Å²) in [5.74, 6) is -0.416. The summed E-state index contributed by atoms with van der Waals surface area (Å²) in [5, 5.41) is 2.74. The van der Waals surface area contributed by atoms with Crippen LogP contribution in [0, 0.1) is 11.8 Å². The number of hydrogen-bond donors (Lipinski definition) is 3. The molecule has 0 radical (unpaired) electrons. The summed E-state index contributed by atoms with van der Waals surface area (Å²) < 4.78 is 1.28. The molecule has 0 aliphatic heterocycles. The summed E-state index contributed by atoms with van der Waals surface area (Å²) in [6.07, 6.45) is 0.215. The van der Waals surface area contributed by atoms with Crippen molar-refractivity contribution < 1.29 is 9.59 Å². The minimum Gasteiger partial charge on any atom is -0.383 e. The Morgan fingerprint density at radius 1 is 1.09 bits per heavy atom. The minimum atomic E-state index is -0.699. The molecule has 1 heterocycles. The molecule has 0 spiro atoms. The summed E-state index contributed by atoms with van der Waals surface area (Å²) in [6, 6.07) is 9.31. The highest BCUT2D eigenvalue weighted by Gasteiger charge is 2.25. The van der Waals surface area contributed by atoms with Crippen molar-refractivity contribution in [2.75, 3.05) is 23.7 Å². The maximum absolute atomic E-state index is 13.0. The molecular formula is C23H33N5O4. The van der Waals surface area contributed by atoms with E-state index in [0.29, 0.717) is 6.54 Å². The molecule has 174 valence electrons. The van der Waals surface area contributed by atoms with Crippen molar-refractivity contribution in [3.8, 4) is 0 Å². The second-order valence-electron chi connectivity index (χ2n) is 8.66. The quantitative estimate of drug-likeness (QED) is 0.512. The van der Waals surface area contributed by atoms with E-state index in [1.807, 2.05) is 58.0 Å². The number of aromatic nitrogens is 2. The Bertz CT molecular complexity index is 1040. The Labute approximate surface area is 187 Å². The molecule has 32 heavy (non-hydrogen) atoms. The summed E-state index contributed by atoms with van der Waals surface area (Å²) >= 11 is 0. The third-order valence-corrected chi connectivity index (χ3v) is 4.75. The number of rotatable bonds is 10. The van der Waals surface area contributed by atoms with Gasteiger partial charge in [-0.2, -0.15) is 0 Å². The number of nitrogens with one attached hydrogen (secondary N) is 2. The zero-order valence-corrected chi connectivity index (χ0v) is 19.2. The molecule has 9 heteroatoms. The smallest absolute Gasteiger partial charge is 0.330 e. The number of H-pyrrole nitrogens is 1. The lowest BCUT2D eigenvalue weighted by Crippen LogP contribution is -2.43. The van der Waals surface area contributed by atoms with Crippen molar-refractivity contribution in [1.82, 2.24) is 14.9 Å². The number of carbonyl (C=O) groups excluding carboxylic acids is 2. The summed E-state index contributed by atoms with van der Waals surface area (Å²) in [6.45, 7) is 8.37. The molecule has 0 aliphatic rings. The number of nitrogen functional groups attached to an aromatic ring is 1. The lowest BCUT2D eigenvalue weighted by Gasteiger charge is -2.26. The van der Waals surface area contributed by atoms with Crippen LogP contribution in [0.1, 0.15) is 39.7 Å². The fourth-order valence-electron chi connectivity index (χ4n) is 3.36. The zero-order chi connectivity index (χ0) is 23.8. The second-order valence-corrected chi connectivity index (χ2v) is 8.66. The van der Waals surface area contributed by atoms with Crippen molar-refractivity contribution in [3.05, 3.63) is 56.7 Å². The van der Waals surface area contributed by atoms with Gasteiger partial charge >= 0.3 is 5.69 Å². The topological polar surface area (TPSA) is 130 Å². The van der Waals surface area contributed by atoms with Gasteiger partial charge in [-0.15, -0.1) is 0 Å². The van der Waals surface area contributed by atoms with Gasteiger partial charge in [0.1, 0.15) is 5.82 Å². The second kappa shape index (κ2) is 11.3. The van der Waals surface area contributed by atoms with Gasteiger partial charge in [-0.1, -0.05) is 58.0 Å². The van der Waals surface area contributed by atoms with E-state index in [9.17, 15) is 19.2 Å². The van der Waals surface area contributed by atoms with Crippen LogP contribution < -0.4 is 27.2 Å². The SMILES string of the molecule is CC(C)CN(C(=O)CCNC(=O)Cc1ccccc1)c1c(N)n(CC(C)C)c(=O)[nH]c1=O. The normalized spacial score (nSPS) is 11.1. The van der Waals surface area contributed by atoms with E-state index in [-0.39, 0.29) is 61.1 Å². The highest BCUT2D eigenvalue weighted by Crippen LogP contribution is 2.20. The highest BCUT2D eigenvalue weighted by molar-refractivity contribution is 5.96. The molecule has 0 fully saturated rings. The van der Waals surface area contributed by atoms with Crippen LogP contribution in [0.5, 0.6) is 0 Å². The predicted molar refractivity (Wildman–Crippen MR) is 126 cm³/mol. The first-order valence-corrected chi connectivity index (χ1v) is 10.8. The minimum absolute atomic E-state index is 0.00453. The van der Waals surface area contributed by atoms with Gasteiger partial charge in [0.25, 0.3) is 5.56 Å². The average Bonchev–Trinajstić information content (AvgIpc) is 2.70. The summed E-state index contributed by atoms with van der Waals surface area (Å²) in [5.41, 5.74) is 5.74. The number of nitrogens with two attached hydrogens (primary N) is 1. The molecule has 1 aromatic carbocycles. The molecule has 0 aliphatic carbocycles. The molecule has 4 N–H and O–H groups in total. The predicted octanol–water partition coefficient (Wildman–Crippen LogP) is 1.51. The van der Waals surface area contributed by atoms with Crippen molar-refractivity contribution in [2.45, 2.75) is 47.1 Å². The average molecular weight is 444 g/mol. The molecule has 0 bridgehead atoms. The Kier molecular flexibility index (Phi) is 8.80. The maximum atomic E-state index is 13.0. The van der Waals surface area contributed by atoms with Crippen molar-refractivity contribution in [2.24, 2.45) is 11.8 Å². The fourth-order valence-corrected chi connectivity index (χ4v) is 3.36. The largest absolute Gasteiger partial charge is 0.383 e. The van der Waals surface area contributed by atoms with Gasteiger partial charge in [-0.25, -0.2) is 4.79 Å². The van der Waals surface area contributed by atoms with Crippen molar-refractivity contribution in [3.63, 3.8) is 0 Å².